The molecule has 1 unspecified atom stereocenters. The molecule has 2 amide bonds. The summed E-state index contributed by atoms with van der Waals surface area (Å²) < 4.78 is 18.3. The molecular formula is C33H52N4O5. The molecule has 2 saturated heterocycles. The molecule has 9 heteroatoms. The second-order valence-corrected chi connectivity index (χ2v) is 12.2. The van der Waals surface area contributed by atoms with Gasteiger partial charge in [0.15, 0.2) is 0 Å². The Morgan fingerprint density at radius 2 is 1.86 bits per heavy atom. The molecule has 1 aromatic carbocycles. The Morgan fingerprint density at radius 1 is 1.12 bits per heavy atom. The SMILES string of the molecule is CCc1cn(CCCOC)c2cc(C(=O)N(C)C(C)C)ccc12.O=C(OCC1CCNC1)N(C1CCOCC1)C1CC1. The Labute approximate surface area is 251 Å². The van der Waals surface area contributed by atoms with Crippen LogP contribution in [0.5, 0.6) is 0 Å². The zero-order valence-electron chi connectivity index (χ0n) is 26.4. The van der Waals surface area contributed by atoms with Gasteiger partial charge in [0.1, 0.15) is 0 Å². The van der Waals surface area contributed by atoms with Gasteiger partial charge in [-0.2, -0.15) is 0 Å². The number of benzene rings is 1. The average Bonchev–Trinajstić information content (AvgIpc) is 3.56. The summed E-state index contributed by atoms with van der Waals surface area (Å²) in [7, 11) is 3.58. The molecule has 5 rings (SSSR count). The van der Waals surface area contributed by atoms with E-state index in [1.165, 1.54) is 10.9 Å². The van der Waals surface area contributed by atoms with Gasteiger partial charge in [0.2, 0.25) is 0 Å². The Morgan fingerprint density at radius 3 is 2.48 bits per heavy atom. The molecular weight excluding hydrogens is 532 g/mol. The maximum absolute atomic E-state index is 12.6. The fourth-order valence-electron chi connectivity index (χ4n) is 5.82. The largest absolute Gasteiger partial charge is 0.449 e. The van der Waals surface area contributed by atoms with Gasteiger partial charge in [0.25, 0.3) is 5.91 Å². The number of aryl methyl sites for hydroxylation is 2. The summed E-state index contributed by atoms with van der Waals surface area (Å²) in [6.07, 6.45) is 9.37. The number of carbonyl (C=O) groups excluding carboxylic acids is 2. The molecule has 1 saturated carbocycles. The molecule has 0 bridgehead atoms. The van der Waals surface area contributed by atoms with E-state index in [0.29, 0.717) is 24.6 Å². The topological polar surface area (TPSA) is 85.3 Å². The van der Waals surface area contributed by atoms with Gasteiger partial charge in [0, 0.05) is 93.8 Å². The van der Waals surface area contributed by atoms with E-state index in [0.717, 1.165) is 95.5 Å². The number of amides is 2. The fraction of sp³-hybridized carbons (Fsp3) is 0.697. The van der Waals surface area contributed by atoms with E-state index in [2.05, 4.69) is 29.1 Å². The van der Waals surface area contributed by atoms with Gasteiger partial charge < -0.3 is 33.9 Å². The summed E-state index contributed by atoms with van der Waals surface area (Å²) in [5, 5.41) is 4.55. The maximum atomic E-state index is 12.6. The van der Waals surface area contributed by atoms with Crippen LogP contribution >= 0.6 is 0 Å². The van der Waals surface area contributed by atoms with Crippen LogP contribution in [0.25, 0.3) is 10.9 Å². The van der Waals surface area contributed by atoms with E-state index < -0.39 is 0 Å². The zero-order chi connectivity index (χ0) is 30.1. The second-order valence-electron chi connectivity index (χ2n) is 12.2. The van der Waals surface area contributed by atoms with Crippen molar-refractivity contribution in [1.29, 1.82) is 0 Å². The third-order valence-electron chi connectivity index (χ3n) is 8.78. The first kappa shape index (κ1) is 32.3. The lowest BCUT2D eigenvalue weighted by Gasteiger charge is -2.33. The van der Waals surface area contributed by atoms with Crippen molar-refractivity contribution in [3.8, 4) is 0 Å². The first-order chi connectivity index (χ1) is 20.3. The third-order valence-corrected chi connectivity index (χ3v) is 8.78. The van der Waals surface area contributed by atoms with Crippen molar-refractivity contribution in [1.82, 2.24) is 19.7 Å². The highest BCUT2D eigenvalue weighted by atomic mass is 16.6. The van der Waals surface area contributed by atoms with Gasteiger partial charge >= 0.3 is 6.09 Å². The van der Waals surface area contributed by atoms with E-state index in [9.17, 15) is 9.59 Å². The van der Waals surface area contributed by atoms with Crippen LogP contribution in [-0.4, -0.2) is 98.2 Å². The predicted octanol–water partition coefficient (Wildman–Crippen LogP) is 5.10. The van der Waals surface area contributed by atoms with E-state index >= 15 is 0 Å². The number of aromatic nitrogens is 1. The number of rotatable bonds is 11. The number of nitrogens with one attached hydrogen (secondary N) is 1. The summed E-state index contributed by atoms with van der Waals surface area (Å²) in [6, 6.07) is 7.01. The van der Waals surface area contributed by atoms with Crippen molar-refractivity contribution in [2.24, 2.45) is 5.92 Å². The summed E-state index contributed by atoms with van der Waals surface area (Å²) in [4.78, 5) is 28.7. The average molecular weight is 585 g/mol. The molecule has 1 N–H and O–H groups in total. The highest BCUT2D eigenvalue weighted by Crippen LogP contribution is 2.32. The molecule has 42 heavy (non-hydrogen) atoms. The first-order valence-electron chi connectivity index (χ1n) is 15.9. The Hall–Kier alpha value is -2.62. The first-order valence-corrected chi connectivity index (χ1v) is 15.9. The van der Waals surface area contributed by atoms with E-state index in [4.69, 9.17) is 14.2 Å². The van der Waals surface area contributed by atoms with Gasteiger partial charge in [-0.25, -0.2) is 4.79 Å². The number of fused-ring (bicyclic) bond motifs is 1. The minimum absolute atomic E-state index is 0.0737. The highest BCUT2D eigenvalue weighted by molar-refractivity contribution is 5.98. The van der Waals surface area contributed by atoms with Crippen LogP contribution in [0.1, 0.15) is 75.2 Å². The number of hydrogen-bond acceptors (Lipinski definition) is 6. The van der Waals surface area contributed by atoms with Gasteiger partial charge in [-0.15, -0.1) is 0 Å². The molecule has 3 fully saturated rings. The number of carbonyl (C=O) groups is 2. The van der Waals surface area contributed by atoms with E-state index in [1.807, 2.05) is 37.9 Å². The van der Waals surface area contributed by atoms with Crippen LogP contribution in [0.4, 0.5) is 4.79 Å². The molecule has 3 heterocycles. The van der Waals surface area contributed by atoms with Crippen LogP contribution < -0.4 is 5.32 Å². The Bertz CT molecular complexity index is 1150. The van der Waals surface area contributed by atoms with Crippen molar-refractivity contribution in [2.75, 3.05) is 53.7 Å². The molecule has 2 aliphatic heterocycles. The normalized spacial score (nSPS) is 19.0. The standard InChI is InChI=1S/C19H28N2O2.C14H24N2O3/c1-6-15-13-21(10-7-11-23-5)18-12-16(8-9-17(15)18)19(22)20(4)14(2)3;17-14(19-10-11-3-6-15-9-11)16(12-1-2-12)13-4-7-18-8-5-13/h8-9,12-14H,6-7,10-11H2,1-5H3;11-13,15H,1-10H2. The smallest absolute Gasteiger partial charge is 0.410 e. The van der Waals surface area contributed by atoms with Gasteiger partial charge in [-0.05, 0) is 83.0 Å². The van der Waals surface area contributed by atoms with Gasteiger partial charge in [-0.3, -0.25) is 4.79 Å². The lowest BCUT2D eigenvalue weighted by molar-refractivity contribution is 0.0202. The van der Waals surface area contributed by atoms with E-state index in [1.54, 1.807) is 12.0 Å². The van der Waals surface area contributed by atoms with Crippen molar-refractivity contribution < 1.29 is 23.8 Å². The second kappa shape index (κ2) is 15.7. The fourth-order valence-corrected chi connectivity index (χ4v) is 5.82. The third kappa shape index (κ3) is 8.48. The minimum Gasteiger partial charge on any atom is -0.449 e. The van der Waals surface area contributed by atoms with Crippen LogP contribution in [0, 0.1) is 5.92 Å². The number of hydrogen-bond donors (Lipinski definition) is 1. The number of nitrogens with zero attached hydrogens (tertiary/aromatic N) is 3. The maximum Gasteiger partial charge on any atom is 0.410 e. The summed E-state index contributed by atoms with van der Waals surface area (Å²) in [5.74, 6) is 0.573. The monoisotopic (exact) mass is 584 g/mol. The minimum atomic E-state index is -0.0960. The molecule has 0 spiro atoms. The van der Waals surface area contributed by atoms with Crippen LogP contribution in [0.15, 0.2) is 24.4 Å². The molecule has 3 aliphatic rings. The molecule has 2 aromatic rings. The van der Waals surface area contributed by atoms with Crippen molar-refractivity contribution in [2.45, 2.75) is 90.4 Å². The van der Waals surface area contributed by atoms with Gasteiger partial charge in [0.05, 0.1) is 6.61 Å². The van der Waals surface area contributed by atoms with Crippen LogP contribution in [0.3, 0.4) is 0 Å². The molecule has 0 radical (unpaired) electrons. The Kier molecular flexibility index (Phi) is 12.1. The lowest BCUT2D eigenvalue weighted by atomic mass is 10.1. The summed E-state index contributed by atoms with van der Waals surface area (Å²) >= 11 is 0. The molecule has 234 valence electrons. The summed E-state index contributed by atoms with van der Waals surface area (Å²) in [5.41, 5.74) is 3.22. The zero-order valence-corrected chi connectivity index (χ0v) is 26.4. The van der Waals surface area contributed by atoms with Crippen LogP contribution in [-0.2, 0) is 27.2 Å². The van der Waals surface area contributed by atoms with Crippen molar-refractivity contribution >= 4 is 22.9 Å². The number of methoxy groups -OCH3 is 1. The van der Waals surface area contributed by atoms with Crippen molar-refractivity contribution in [3.05, 3.63) is 35.5 Å². The molecule has 9 nitrogen and oxygen atoms in total. The molecule has 1 aromatic heterocycles. The van der Waals surface area contributed by atoms with Crippen LogP contribution in [0.2, 0.25) is 0 Å². The summed E-state index contributed by atoms with van der Waals surface area (Å²) in [6.45, 7) is 12.0. The molecule has 1 aliphatic carbocycles. The quantitative estimate of drug-likeness (QED) is 0.370. The van der Waals surface area contributed by atoms with Gasteiger partial charge in [-0.1, -0.05) is 13.0 Å². The van der Waals surface area contributed by atoms with Crippen molar-refractivity contribution in [3.63, 3.8) is 0 Å². The number of ether oxygens (including phenoxy) is 3. The highest BCUT2D eigenvalue weighted by Gasteiger charge is 2.39. The molecule has 1 atom stereocenters. The lowest BCUT2D eigenvalue weighted by Crippen LogP contribution is -2.45. The Balaban J connectivity index is 0.000000196. The predicted molar refractivity (Wildman–Crippen MR) is 166 cm³/mol. The van der Waals surface area contributed by atoms with E-state index in [-0.39, 0.29) is 18.0 Å².